The molecule has 2 atom stereocenters. The molecule has 2 aliphatic heterocycles. The van der Waals surface area contributed by atoms with Crippen molar-refractivity contribution in [2.45, 2.75) is 25.0 Å². The maximum absolute atomic E-state index is 13.1. The van der Waals surface area contributed by atoms with E-state index in [1.807, 2.05) is 0 Å². The van der Waals surface area contributed by atoms with Gasteiger partial charge in [0.25, 0.3) is 5.91 Å². The minimum atomic E-state index is -0.787. The van der Waals surface area contributed by atoms with Gasteiger partial charge in [-0.2, -0.15) is 0 Å². The lowest BCUT2D eigenvalue weighted by molar-refractivity contribution is -0.131. The van der Waals surface area contributed by atoms with Crippen LogP contribution in [-0.4, -0.2) is 48.1 Å². The standard InChI is InChI=1S/C21H21NO6/c1-26-15-8-3-2-7-14(15)18-17(19(23)16-9-5-11-28-16)20(24)21(25)22(18)12-13-6-4-10-27-13/h2-3,5,7-9,11,13,18,24H,4,6,10,12H2,1H3/t13-,18-/m0/s1. The lowest BCUT2D eigenvalue weighted by Crippen LogP contribution is -2.37. The topological polar surface area (TPSA) is 89.2 Å². The van der Waals surface area contributed by atoms with Gasteiger partial charge in [0.05, 0.1) is 31.1 Å². The highest BCUT2D eigenvalue weighted by atomic mass is 16.5. The van der Waals surface area contributed by atoms with Gasteiger partial charge in [0, 0.05) is 18.7 Å². The largest absolute Gasteiger partial charge is 0.503 e. The number of nitrogens with zero attached hydrogens (tertiary/aromatic N) is 1. The molecule has 1 amide bonds. The number of ketones is 1. The molecule has 4 rings (SSSR count). The first-order valence-corrected chi connectivity index (χ1v) is 9.18. The van der Waals surface area contributed by atoms with Crippen molar-refractivity contribution in [3.8, 4) is 5.75 Å². The van der Waals surface area contributed by atoms with Crippen LogP contribution in [0.25, 0.3) is 0 Å². The number of methoxy groups -OCH3 is 1. The monoisotopic (exact) mass is 383 g/mol. The van der Waals surface area contributed by atoms with Crippen molar-refractivity contribution >= 4 is 11.7 Å². The molecule has 7 nitrogen and oxygen atoms in total. The highest BCUT2D eigenvalue weighted by molar-refractivity contribution is 6.15. The number of benzene rings is 1. The summed E-state index contributed by atoms with van der Waals surface area (Å²) in [4.78, 5) is 27.5. The Morgan fingerprint density at radius 3 is 2.79 bits per heavy atom. The normalized spacial score (nSPS) is 22.2. The van der Waals surface area contributed by atoms with Gasteiger partial charge in [0.1, 0.15) is 5.75 Å². The van der Waals surface area contributed by atoms with Crippen LogP contribution in [0.2, 0.25) is 0 Å². The molecular formula is C21H21NO6. The Balaban J connectivity index is 1.80. The van der Waals surface area contributed by atoms with E-state index in [4.69, 9.17) is 13.9 Å². The SMILES string of the molecule is COc1ccccc1[C@H]1C(C(=O)c2ccco2)=C(O)C(=O)N1C[C@@H]1CCCO1. The second-order valence-electron chi connectivity index (χ2n) is 6.81. The zero-order valence-corrected chi connectivity index (χ0v) is 15.5. The Bertz CT molecular complexity index is 911. The molecule has 7 heteroatoms. The van der Waals surface area contributed by atoms with Gasteiger partial charge in [-0.15, -0.1) is 0 Å². The summed E-state index contributed by atoms with van der Waals surface area (Å²) in [5.74, 6) is -1.09. The van der Waals surface area contributed by atoms with E-state index in [0.717, 1.165) is 12.8 Å². The van der Waals surface area contributed by atoms with Gasteiger partial charge in [0.2, 0.25) is 5.78 Å². The predicted octanol–water partition coefficient (Wildman–Crippen LogP) is 3.05. The summed E-state index contributed by atoms with van der Waals surface area (Å²) < 4.78 is 16.4. The highest BCUT2D eigenvalue weighted by Gasteiger charge is 2.46. The number of hydrogen-bond acceptors (Lipinski definition) is 6. The van der Waals surface area contributed by atoms with E-state index in [1.165, 1.54) is 24.3 Å². The number of ether oxygens (including phenoxy) is 2. The molecule has 0 spiro atoms. The van der Waals surface area contributed by atoms with Crippen molar-refractivity contribution in [2.75, 3.05) is 20.3 Å². The number of aliphatic hydroxyl groups excluding tert-OH is 1. The van der Waals surface area contributed by atoms with Crippen molar-refractivity contribution in [3.05, 3.63) is 65.3 Å². The summed E-state index contributed by atoms with van der Waals surface area (Å²) in [6.45, 7) is 0.921. The van der Waals surface area contributed by atoms with Crippen LogP contribution in [0.5, 0.6) is 5.75 Å². The number of para-hydroxylation sites is 1. The Kier molecular flexibility index (Phi) is 4.92. The summed E-state index contributed by atoms with van der Waals surface area (Å²) in [6, 6.07) is 9.46. The molecule has 0 radical (unpaired) electrons. The van der Waals surface area contributed by atoms with Gasteiger partial charge < -0.3 is 23.9 Å². The summed E-state index contributed by atoms with van der Waals surface area (Å²) in [5.41, 5.74) is 0.609. The fourth-order valence-corrected chi connectivity index (χ4v) is 3.84. The molecule has 146 valence electrons. The average molecular weight is 383 g/mol. The van der Waals surface area contributed by atoms with E-state index < -0.39 is 23.5 Å². The molecule has 1 saturated heterocycles. The van der Waals surface area contributed by atoms with Crippen LogP contribution in [0.1, 0.15) is 35.0 Å². The maximum atomic E-state index is 13.1. The number of carbonyl (C=O) groups excluding carboxylic acids is 2. The predicted molar refractivity (Wildman–Crippen MR) is 99.1 cm³/mol. The first kappa shape index (κ1) is 18.3. The van der Waals surface area contributed by atoms with Crippen molar-refractivity contribution in [3.63, 3.8) is 0 Å². The van der Waals surface area contributed by atoms with E-state index in [-0.39, 0.29) is 24.0 Å². The van der Waals surface area contributed by atoms with Crippen LogP contribution in [-0.2, 0) is 9.53 Å². The summed E-state index contributed by atoms with van der Waals surface area (Å²) >= 11 is 0. The molecule has 3 heterocycles. The highest BCUT2D eigenvalue weighted by Crippen LogP contribution is 2.42. The van der Waals surface area contributed by atoms with Gasteiger partial charge in [-0.3, -0.25) is 9.59 Å². The number of rotatable bonds is 6. The zero-order valence-electron chi connectivity index (χ0n) is 15.5. The fourth-order valence-electron chi connectivity index (χ4n) is 3.84. The van der Waals surface area contributed by atoms with Crippen LogP contribution in [0.3, 0.4) is 0 Å². The third-order valence-electron chi connectivity index (χ3n) is 5.15. The number of hydrogen-bond donors (Lipinski definition) is 1. The van der Waals surface area contributed by atoms with Gasteiger partial charge in [-0.1, -0.05) is 18.2 Å². The lowest BCUT2D eigenvalue weighted by atomic mass is 9.94. The zero-order chi connectivity index (χ0) is 19.7. The molecule has 2 aliphatic rings. The van der Waals surface area contributed by atoms with Gasteiger partial charge >= 0.3 is 0 Å². The molecule has 0 aliphatic carbocycles. The molecule has 0 bridgehead atoms. The fraction of sp³-hybridized carbons (Fsp3) is 0.333. The van der Waals surface area contributed by atoms with Crippen LogP contribution >= 0.6 is 0 Å². The van der Waals surface area contributed by atoms with Crippen LogP contribution < -0.4 is 4.74 Å². The second-order valence-corrected chi connectivity index (χ2v) is 6.81. The summed E-state index contributed by atoms with van der Waals surface area (Å²) in [5, 5.41) is 10.6. The van der Waals surface area contributed by atoms with E-state index in [0.29, 0.717) is 17.9 Å². The first-order valence-electron chi connectivity index (χ1n) is 9.18. The number of carbonyl (C=O) groups is 2. The van der Waals surface area contributed by atoms with E-state index in [2.05, 4.69) is 0 Å². The van der Waals surface area contributed by atoms with Crippen molar-refractivity contribution < 1.29 is 28.6 Å². The third kappa shape index (κ3) is 3.07. The van der Waals surface area contributed by atoms with Crippen LogP contribution in [0, 0.1) is 0 Å². The smallest absolute Gasteiger partial charge is 0.290 e. The van der Waals surface area contributed by atoms with Gasteiger partial charge in [-0.05, 0) is 31.0 Å². The Morgan fingerprint density at radius 1 is 1.29 bits per heavy atom. The molecule has 1 fully saturated rings. The molecule has 0 saturated carbocycles. The third-order valence-corrected chi connectivity index (χ3v) is 5.15. The van der Waals surface area contributed by atoms with Crippen molar-refractivity contribution in [1.82, 2.24) is 4.90 Å². The minimum Gasteiger partial charge on any atom is -0.503 e. The lowest BCUT2D eigenvalue weighted by Gasteiger charge is -2.29. The molecule has 1 aromatic heterocycles. The van der Waals surface area contributed by atoms with Crippen LogP contribution in [0.15, 0.2) is 58.4 Å². The molecule has 1 aromatic carbocycles. The van der Waals surface area contributed by atoms with Gasteiger partial charge in [-0.25, -0.2) is 0 Å². The van der Waals surface area contributed by atoms with Crippen molar-refractivity contribution in [1.29, 1.82) is 0 Å². The van der Waals surface area contributed by atoms with Gasteiger partial charge in [0.15, 0.2) is 11.5 Å². The first-order chi connectivity index (χ1) is 13.6. The Hall–Kier alpha value is -3.06. The molecule has 2 aromatic rings. The minimum absolute atomic E-state index is 0.0116. The number of amides is 1. The van der Waals surface area contributed by atoms with E-state index >= 15 is 0 Å². The number of aliphatic hydroxyl groups is 1. The Labute approximate surface area is 162 Å². The Morgan fingerprint density at radius 2 is 2.11 bits per heavy atom. The molecule has 0 unspecified atom stereocenters. The molecule has 28 heavy (non-hydrogen) atoms. The molecular weight excluding hydrogens is 362 g/mol. The maximum Gasteiger partial charge on any atom is 0.290 e. The molecule has 1 N–H and O–H groups in total. The van der Waals surface area contributed by atoms with E-state index in [1.54, 1.807) is 30.3 Å². The summed E-state index contributed by atoms with van der Waals surface area (Å²) in [6.07, 6.45) is 2.99. The number of furan rings is 1. The summed E-state index contributed by atoms with van der Waals surface area (Å²) in [7, 11) is 1.53. The number of Topliss-reactive ketones (excluding diaryl/α,β-unsaturated/α-hetero) is 1. The second kappa shape index (κ2) is 7.52. The quantitative estimate of drug-likeness (QED) is 0.772. The van der Waals surface area contributed by atoms with Crippen molar-refractivity contribution in [2.24, 2.45) is 0 Å². The van der Waals surface area contributed by atoms with E-state index in [9.17, 15) is 14.7 Å². The average Bonchev–Trinajstić information content (AvgIpc) is 3.46. The van der Waals surface area contributed by atoms with Crippen LogP contribution in [0.4, 0.5) is 0 Å².